The van der Waals surface area contributed by atoms with Gasteiger partial charge in [0.25, 0.3) is 0 Å². The molecule has 2 bridgehead atoms. The fourth-order valence-corrected chi connectivity index (χ4v) is 9.56. The maximum absolute atomic E-state index is 13.4. The van der Waals surface area contributed by atoms with Gasteiger partial charge in [0.15, 0.2) is 0 Å². The fourth-order valence-electron chi connectivity index (χ4n) is 9.56. The third-order valence-electron chi connectivity index (χ3n) is 10.7. The number of fused-ring (bicyclic) bond motifs is 1. The lowest BCUT2D eigenvalue weighted by Crippen LogP contribution is -2.67. The van der Waals surface area contributed by atoms with Gasteiger partial charge in [0.2, 0.25) is 0 Å². The van der Waals surface area contributed by atoms with Crippen LogP contribution in [0.15, 0.2) is 11.6 Å². The molecule has 4 fully saturated rings. The van der Waals surface area contributed by atoms with Gasteiger partial charge in [-0.25, -0.2) is 0 Å². The molecule has 0 N–H and O–H groups in total. The largest absolute Gasteiger partial charge is 0.469 e. The van der Waals surface area contributed by atoms with E-state index in [1.807, 2.05) is 0 Å². The summed E-state index contributed by atoms with van der Waals surface area (Å²) in [5.74, 6) is 1.61. The van der Waals surface area contributed by atoms with Crippen molar-refractivity contribution < 1.29 is 19.1 Å². The molecule has 1 spiro atoms. The molecule has 0 amide bonds. The summed E-state index contributed by atoms with van der Waals surface area (Å²) >= 11 is 0. The van der Waals surface area contributed by atoms with Crippen LogP contribution in [0.4, 0.5) is 0 Å². The molecule has 6 aliphatic carbocycles. The second-order valence-electron chi connectivity index (χ2n) is 12.1. The quantitative estimate of drug-likeness (QED) is 0.453. The van der Waals surface area contributed by atoms with Crippen molar-refractivity contribution in [3.63, 3.8) is 0 Å². The monoisotopic (exact) mass is 426 g/mol. The summed E-state index contributed by atoms with van der Waals surface area (Å²) in [5, 5.41) is 0. The van der Waals surface area contributed by atoms with Crippen molar-refractivity contribution in [2.45, 2.75) is 79.1 Å². The van der Waals surface area contributed by atoms with E-state index >= 15 is 0 Å². The second-order valence-corrected chi connectivity index (χ2v) is 12.1. The number of ether oxygens (including phenoxy) is 1. The van der Waals surface area contributed by atoms with Gasteiger partial charge in [0, 0.05) is 30.1 Å². The minimum Gasteiger partial charge on any atom is -0.469 e. The Morgan fingerprint density at radius 1 is 1.06 bits per heavy atom. The SMILES string of the molecule is COC(=O)[C@]1(C)CCC[C@]2(C)[C@H]3C[C@H]4C(C(C)C)=C[C@]3(CC[C@@H]21)[C@@H]1C(=O)CCC(=O)[C@@H]14. The van der Waals surface area contributed by atoms with E-state index in [4.69, 9.17) is 4.74 Å². The number of ketones is 2. The highest BCUT2D eigenvalue weighted by atomic mass is 16.5. The van der Waals surface area contributed by atoms with Crippen LogP contribution in [0, 0.1) is 51.8 Å². The van der Waals surface area contributed by atoms with Crippen molar-refractivity contribution in [3.8, 4) is 0 Å². The van der Waals surface area contributed by atoms with Gasteiger partial charge in [-0.15, -0.1) is 0 Å². The number of hydrogen-bond acceptors (Lipinski definition) is 4. The van der Waals surface area contributed by atoms with Gasteiger partial charge in [-0.05, 0) is 68.1 Å². The van der Waals surface area contributed by atoms with Crippen molar-refractivity contribution >= 4 is 17.5 Å². The Bertz CT molecular complexity index is 870. The highest BCUT2D eigenvalue weighted by Crippen LogP contribution is 2.74. The first kappa shape index (κ1) is 21.4. The normalized spacial score (nSPS) is 48.6. The Balaban J connectivity index is 1.65. The van der Waals surface area contributed by atoms with Crippen LogP contribution < -0.4 is 0 Å². The first-order chi connectivity index (χ1) is 14.6. The van der Waals surface area contributed by atoms with E-state index in [1.165, 1.54) is 12.7 Å². The highest BCUT2D eigenvalue weighted by Gasteiger charge is 2.70. The molecule has 4 heteroatoms. The predicted molar refractivity (Wildman–Crippen MR) is 118 cm³/mol. The molecule has 8 atom stereocenters. The van der Waals surface area contributed by atoms with E-state index in [0.717, 1.165) is 38.5 Å². The van der Waals surface area contributed by atoms with Crippen LogP contribution in [0.5, 0.6) is 0 Å². The summed E-state index contributed by atoms with van der Waals surface area (Å²) in [5.41, 5.74) is 0.777. The van der Waals surface area contributed by atoms with Crippen LogP contribution in [0.3, 0.4) is 0 Å². The van der Waals surface area contributed by atoms with E-state index in [0.29, 0.717) is 36.2 Å². The van der Waals surface area contributed by atoms with Gasteiger partial charge in [0.1, 0.15) is 11.6 Å². The highest BCUT2D eigenvalue weighted by molar-refractivity contribution is 5.98. The first-order valence-corrected chi connectivity index (χ1v) is 12.5. The van der Waals surface area contributed by atoms with Crippen LogP contribution in [0.1, 0.15) is 79.1 Å². The minimum atomic E-state index is -0.448. The summed E-state index contributed by atoms with van der Waals surface area (Å²) in [7, 11) is 1.51. The number of Topliss-reactive ketones (excluding diaryl/α,β-unsaturated/α-hetero) is 2. The maximum Gasteiger partial charge on any atom is 0.311 e. The molecule has 6 rings (SSSR count). The molecule has 4 nitrogen and oxygen atoms in total. The summed E-state index contributed by atoms with van der Waals surface area (Å²) < 4.78 is 5.30. The molecule has 0 radical (unpaired) electrons. The average Bonchev–Trinajstić information content (AvgIpc) is 2.74. The molecule has 0 aliphatic heterocycles. The molecule has 0 unspecified atom stereocenters. The number of esters is 1. The molecular weight excluding hydrogens is 388 g/mol. The Morgan fingerprint density at radius 2 is 1.77 bits per heavy atom. The number of carbonyl (C=O) groups excluding carboxylic acids is 3. The van der Waals surface area contributed by atoms with Crippen LogP contribution in [-0.2, 0) is 19.1 Å². The Labute approximate surface area is 186 Å². The molecule has 6 aliphatic rings. The Hall–Kier alpha value is -1.45. The molecule has 0 aromatic carbocycles. The van der Waals surface area contributed by atoms with E-state index in [9.17, 15) is 14.4 Å². The third kappa shape index (κ3) is 2.57. The van der Waals surface area contributed by atoms with Gasteiger partial charge in [-0.3, -0.25) is 14.4 Å². The van der Waals surface area contributed by atoms with Gasteiger partial charge >= 0.3 is 5.97 Å². The number of allylic oxidation sites excluding steroid dienone is 2. The van der Waals surface area contributed by atoms with Crippen molar-refractivity contribution in [2.75, 3.05) is 7.11 Å². The number of methoxy groups -OCH3 is 1. The lowest BCUT2D eigenvalue weighted by Gasteiger charge is -2.70. The zero-order chi connectivity index (χ0) is 22.3. The maximum atomic E-state index is 13.4. The standard InChI is InChI=1S/C27H38O4/c1-15(2)17-14-27-12-9-20-25(3,10-6-11-26(20,4)24(30)31-5)21(27)13-16(17)22-18(28)7-8-19(29)23(22)27/h14-16,20-23H,6-13H2,1-5H3/t16-,20-,21+,22-,23+,25-,26+,27-/m0/s1. The van der Waals surface area contributed by atoms with Crippen molar-refractivity contribution in [1.29, 1.82) is 0 Å². The minimum absolute atomic E-state index is 0.00242. The lowest BCUT2D eigenvalue weighted by atomic mass is 9.33. The Kier molecular flexibility index (Phi) is 4.68. The van der Waals surface area contributed by atoms with E-state index < -0.39 is 5.41 Å². The molecule has 170 valence electrons. The van der Waals surface area contributed by atoms with Crippen LogP contribution >= 0.6 is 0 Å². The first-order valence-electron chi connectivity index (χ1n) is 12.5. The van der Waals surface area contributed by atoms with Gasteiger partial charge < -0.3 is 4.74 Å². The fraction of sp³-hybridized carbons (Fsp3) is 0.815. The number of hydrogen-bond donors (Lipinski definition) is 0. The average molecular weight is 427 g/mol. The van der Waals surface area contributed by atoms with Gasteiger partial charge in [-0.2, -0.15) is 0 Å². The molecule has 31 heavy (non-hydrogen) atoms. The van der Waals surface area contributed by atoms with Crippen LogP contribution in [0.25, 0.3) is 0 Å². The molecule has 4 saturated carbocycles. The lowest BCUT2D eigenvalue weighted by molar-refractivity contribution is -0.201. The van der Waals surface area contributed by atoms with Crippen molar-refractivity contribution in [3.05, 3.63) is 11.6 Å². The van der Waals surface area contributed by atoms with Gasteiger partial charge in [-0.1, -0.05) is 38.8 Å². The topological polar surface area (TPSA) is 60.4 Å². The summed E-state index contributed by atoms with van der Waals surface area (Å²) in [6.45, 7) is 9.00. The summed E-state index contributed by atoms with van der Waals surface area (Å²) in [6.07, 6.45) is 9.25. The van der Waals surface area contributed by atoms with E-state index in [2.05, 4.69) is 33.8 Å². The molecular formula is C27H38O4. The summed E-state index contributed by atoms with van der Waals surface area (Å²) in [4.78, 5) is 39.5. The van der Waals surface area contributed by atoms with E-state index in [1.54, 1.807) is 0 Å². The molecule has 0 aromatic heterocycles. The Morgan fingerprint density at radius 3 is 2.45 bits per heavy atom. The third-order valence-corrected chi connectivity index (χ3v) is 10.7. The number of carbonyl (C=O) groups is 3. The van der Waals surface area contributed by atoms with Crippen LogP contribution in [-0.4, -0.2) is 24.6 Å². The van der Waals surface area contributed by atoms with Crippen molar-refractivity contribution in [2.24, 2.45) is 51.8 Å². The molecule has 0 aromatic rings. The number of rotatable bonds is 2. The van der Waals surface area contributed by atoms with Crippen LogP contribution in [0.2, 0.25) is 0 Å². The van der Waals surface area contributed by atoms with Gasteiger partial charge in [0.05, 0.1) is 12.5 Å². The molecule has 0 heterocycles. The zero-order valence-corrected chi connectivity index (χ0v) is 19.8. The smallest absolute Gasteiger partial charge is 0.311 e. The molecule has 0 saturated heterocycles. The summed E-state index contributed by atoms with van der Waals surface area (Å²) in [6, 6.07) is 0. The predicted octanol–water partition coefficient (Wildman–Crippen LogP) is 5.15. The van der Waals surface area contributed by atoms with Crippen molar-refractivity contribution in [1.82, 2.24) is 0 Å². The van der Waals surface area contributed by atoms with E-state index in [-0.39, 0.29) is 40.5 Å². The zero-order valence-electron chi connectivity index (χ0n) is 19.8. The second kappa shape index (κ2) is 6.78.